The molecule has 0 saturated carbocycles. The van der Waals surface area contributed by atoms with Crippen LogP contribution in [0.2, 0.25) is 0 Å². The van der Waals surface area contributed by atoms with Crippen LogP contribution in [-0.2, 0) is 18.3 Å². The van der Waals surface area contributed by atoms with Crippen LogP contribution in [0, 0.1) is 5.41 Å². The number of nitrogens with zero attached hydrogens (tertiary/aromatic N) is 3. The highest BCUT2D eigenvalue weighted by Gasteiger charge is 2.34. The van der Waals surface area contributed by atoms with Gasteiger partial charge in [-0.15, -0.1) is 0 Å². The summed E-state index contributed by atoms with van der Waals surface area (Å²) in [7, 11) is 3.52. The fourth-order valence-electron chi connectivity index (χ4n) is 2.99. The lowest BCUT2D eigenvalue weighted by molar-refractivity contribution is -0.118. The van der Waals surface area contributed by atoms with Gasteiger partial charge < -0.3 is 10.6 Å². The molecule has 0 bridgehead atoms. The van der Waals surface area contributed by atoms with E-state index in [2.05, 4.69) is 34.6 Å². The fraction of sp³-hybridized carbons (Fsp3) is 0.500. The van der Waals surface area contributed by atoms with Crippen LogP contribution in [-0.4, -0.2) is 33.5 Å². The van der Waals surface area contributed by atoms with Crippen molar-refractivity contribution in [3.05, 3.63) is 28.5 Å². The molecule has 1 unspecified atom stereocenters. The zero-order valence-electron chi connectivity index (χ0n) is 14.2. The monoisotopic (exact) mass is 347 g/mol. The first-order chi connectivity index (χ1) is 11.3. The average molecular weight is 347 g/mol. The smallest absolute Gasteiger partial charge is 0.247 e. The third kappa shape index (κ3) is 3.25. The maximum absolute atomic E-state index is 12.5. The topological polar surface area (TPSA) is 88.9 Å². The summed E-state index contributed by atoms with van der Waals surface area (Å²) in [6.45, 7) is 4.12. The maximum atomic E-state index is 12.5. The Hall–Kier alpha value is -2.06. The molecular formula is C16H21N5O2S. The number of fused-ring (bicyclic) bond motifs is 1. The molecular weight excluding hydrogens is 326 g/mol. The fourth-order valence-corrected chi connectivity index (χ4v) is 3.91. The molecule has 1 atom stereocenters. The number of aryl methyl sites for hydroxylation is 1. The molecule has 8 heteroatoms. The summed E-state index contributed by atoms with van der Waals surface area (Å²) >= 11 is 1.26. The van der Waals surface area contributed by atoms with Gasteiger partial charge in [0.2, 0.25) is 5.91 Å². The van der Waals surface area contributed by atoms with Gasteiger partial charge in [0.1, 0.15) is 6.04 Å². The number of amides is 1. The Kier molecular flexibility index (Phi) is 4.27. The first-order valence-electron chi connectivity index (χ1n) is 7.78. The van der Waals surface area contributed by atoms with Crippen LogP contribution >= 0.6 is 11.3 Å². The minimum absolute atomic E-state index is 0.0807. The van der Waals surface area contributed by atoms with Crippen molar-refractivity contribution in [2.24, 2.45) is 12.5 Å². The van der Waals surface area contributed by atoms with Gasteiger partial charge in [-0.05, 0) is 18.9 Å². The number of Topliss-reactive ketones (excluding diaryl/α,β-unsaturated/α-hetero) is 1. The molecule has 128 valence electrons. The zero-order chi connectivity index (χ0) is 17.5. The number of anilines is 1. The summed E-state index contributed by atoms with van der Waals surface area (Å²) in [6.07, 6.45) is 4.71. The third-order valence-corrected chi connectivity index (χ3v) is 5.13. The van der Waals surface area contributed by atoms with Crippen molar-refractivity contribution < 1.29 is 9.59 Å². The van der Waals surface area contributed by atoms with E-state index < -0.39 is 6.04 Å². The number of ketones is 1. The largest absolute Gasteiger partial charge is 0.305 e. The lowest BCUT2D eigenvalue weighted by Crippen LogP contribution is -2.30. The van der Waals surface area contributed by atoms with Crippen molar-refractivity contribution in [3.8, 4) is 0 Å². The highest BCUT2D eigenvalue weighted by molar-refractivity contribution is 7.17. The number of hydrogen-bond donors (Lipinski definition) is 2. The van der Waals surface area contributed by atoms with Crippen LogP contribution in [0.1, 0.15) is 47.2 Å². The Morgan fingerprint density at radius 1 is 1.42 bits per heavy atom. The van der Waals surface area contributed by atoms with Gasteiger partial charge in [0.25, 0.3) is 0 Å². The Bertz CT molecular complexity index is 792. The number of hydrogen-bond acceptors (Lipinski definition) is 6. The highest BCUT2D eigenvalue weighted by Crippen LogP contribution is 2.38. The van der Waals surface area contributed by atoms with Gasteiger partial charge in [-0.3, -0.25) is 14.3 Å². The molecule has 0 aromatic carbocycles. The molecule has 2 heterocycles. The molecule has 3 rings (SSSR count). The third-order valence-electron chi connectivity index (χ3n) is 4.07. The number of nitrogens with one attached hydrogen (secondary N) is 2. The van der Waals surface area contributed by atoms with Crippen molar-refractivity contribution in [1.82, 2.24) is 20.1 Å². The molecule has 2 aromatic heterocycles. The van der Waals surface area contributed by atoms with Gasteiger partial charge in [-0.25, -0.2) is 4.98 Å². The predicted molar refractivity (Wildman–Crippen MR) is 92.2 cm³/mol. The van der Waals surface area contributed by atoms with E-state index in [1.807, 2.05) is 0 Å². The minimum Gasteiger partial charge on any atom is -0.305 e. The number of carbonyl (C=O) groups is 2. The zero-order valence-corrected chi connectivity index (χ0v) is 15.0. The quantitative estimate of drug-likeness (QED) is 0.882. The minimum atomic E-state index is -0.522. The van der Waals surface area contributed by atoms with Gasteiger partial charge >= 0.3 is 0 Å². The summed E-state index contributed by atoms with van der Waals surface area (Å²) in [5.74, 6) is -0.111. The summed E-state index contributed by atoms with van der Waals surface area (Å²) in [5.41, 5.74) is 1.48. The van der Waals surface area contributed by atoms with Gasteiger partial charge in [-0.1, -0.05) is 25.2 Å². The number of carbonyl (C=O) groups excluding carboxylic acids is 2. The first-order valence-corrected chi connectivity index (χ1v) is 8.60. The van der Waals surface area contributed by atoms with Gasteiger partial charge in [0.05, 0.1) is 16.8 Å². The summed E-state index contributed by atoms with van der Waals surface area (Å²) in [6, 6.07) is -0.522. The molecule has 1 amide bonds. The Morgan fingerprint density at radius 2 is 2.17 bits per heavy atom. The van der Waals surface area contributed by atoms with Crippen LogP contribution in [0.5, 0.6) is 0 Å². The number of likely N-dealkylation sites (N-methyl/N-ethyl adjacent to an activating group) is 1. The van der Waals surface area contributed by atoms with Gasteiger partial charge in [0, 0.05) is 25.2 Å². The van der Waals surface area contributed by atoms with Crippen LogP contribution in [0.25, 0.3) is 0 Å². The molecule has 1 aliphatic rings. The van der Waals surface area contributed by atoms with E-state index in [1.165, 1.54) is 11.3 Å². The van der Waals surface area contributed by atoms with Crippen LogP contribution < -0.4 is 10.6 Å². The van der Waals surface area contributed by atoms with Crippen molar-refractivity contribution >= 4 is 28.2 Å². The van der Waals surface area contributed by atoms with Crippen LogP contribution in [0.3, 0.4) is 0 Å². The molecule has 7 nitrogen and oxygen atoms in total. The second-order valence-electron chi connectivity index (χ2n) is 6.89. The lowest BCUT2D eigenvalue weighted by atomic mass is 9.78. The van der Waals surface area contributed by atoms with E-state index >= 15 is 0 Å². The Labute approximate surface area is 144 Å². The van der Waals surface area contributed by atoms with E-state index in [0.717, 1.165) is 17.7 Å². The second-order valence-corrected chi connectivity index (χ2v) is 7.89. The molecule has 0 aliphatic heterocycles. The number of rotatable bonds is 4. The molecule has 0 radical (unpaired) electrons. The van der Waals surface area contributed by atoms with E-state index in [9.17, 15) is 9.59 Å². The molecule has 0 saturated heterocycles. The Balaban J connectivity index is 1.79. The van der Waals surface area contributed by atoms with Gasteiger partial charge in [0.15, 0.2) is 10.9 Å². The summed E-state index contributed by atoms with van der Waals surface area (Å²) in [5, 5.41) is 10.4. The van der Waals surface area contributed by atoms with Crippen LogP contribution in [0.15, 0.2) is 12.4 Å². The second kappa shape index (κ2) is 6.10. The molecule has 24 heavy (non-hydrogen) atoms. The van der Waals surface area contributed by atoms with Crippen LogP contribution in [0.4, 0.5) is 5.13 Å². The number of aromatic nitrogens is 3. The van der Waals surface area contributed by atoms with E-state index in [0.29, 0.717) is 16.4 Å². The predicted octanol–water partition coefficient (Wildman–Crippen LogP) is 1.93. The lowest BCUT2D eigenvalue weighted by Gasteiger charge is -2.26. The van der Waals surface area contributed by atoms with Crippen molar-refractivity contribution in [2.75, 3.05) is 12.4 Å². The van der Waals surface area contributed by atoms with Crippen molar-refractivity contribution in [1.29, 1.82) is 0 Å². The molecule has 1 aliphatic carbocycles. The first kappa shape index (κ1) is 16.8. The summed E-state index contributed by atoms with van der Waals surface area (Å²) < 4.78 is 1.65. The average Bonchev–Trinajstić information content (AvgIpc) is 3.05. The van der Waals surface area contributed by atoms with Crippen molar-refractivity contribution in [3.63, 3.8) is 0 Å². The SMILES string of the molecule is CNC(C(=O)Nc1nc2c(s1)C(=O)CC(C)(C)C2)c1cnn(C)c1. The van der Waals surface area contributed by atoms with Crippen molar-refractivity contribution in [2.45, 2.75) is 32.7 Å². The molecule has 0 spiro atoms. The Morgan fingerprint density at radius 3 is 2.79 bits per heavy atom. The maximum Gasteiger partial charge on any atom is 0.247 e. The molecule has 0 fully saturated rings. The summed E-state index contributed by atoms with van der Waals surface area (Å²) in [4.78, 5) is 29.9. The molecule has 2 aromatic rings. The van der Waals surface area contributed by atoms with E-state index in [-0.39, 0.29) is 17.1 Å². The number of thiazole rings is 1. The van der Waals surface area contributed by atoms with E-state index in [4.69, 9.17) is 0 Å². The van der Waals surface area contributed by atoms with Gasteiger partial charge in [-0.2, -0.15) is 5.10 Å². The van der Waals surface area contributed by atoms with E-state index in [1.54, 1.807) is 31.2 Å². The standard InChI is InChI=1S/C16H21N5O2S/c1-16(2)5-10-13(11(22)6-16)24-15(19-10)20-14(23)12(17-3)9-7-18-21(4)8-9/h7-8,12,17H,5-6H2,1-4H3,(H,19,20,23). The molecule has 2 N–H and O–H groups in total. The normalized spacial score (nSPS) is 17.4. The highest BCUT2D eigenvalue weighted by atomic mass is 32.1.